The van der Waals surface area contributed by atoms with E-state index in [0.717, 1.165) is 33.9 Å². The maximum absolute atomic E-state index is 12.0. The summed E-state index contributed by atoms with van der Waals surface area (Å²) in [4.78, 5) is 12.0. The fraction of sp³-hybridized carbons (Fsp3) is 0.333. The van der Waals surface area contributed by atoms with Crippen molar-refractivity contribution in [1.82, 2.24) is 10.2 Å². The number of nitrogens with one attached hydrogen (secondary N) is 1. The van der Waals surface area contributed by atoms with Gasteiger partial charge >= 0.3 is 0 Å². The Balaban J connectivity index is 1.84. The first-order valence-corrected chi connectivity index (χ1v) is 7.43. The highest BCUT2D eigenvalue weighted by Gasteiger charge is 2.39. The van der Waals surface area contributed by atoms with Crippen LogP contribution in [0.25, 0.3) is 16.5 Å². The predicted octanol–water partition coefficient (Wildman–Crippen LogP) is 3.71. The van der Waals surface area contributed by atoms with Crippen molar-refractivity contribution in [3.05, 3.63) is 34.4 Å². The van der Waals surface area contributed by atoms with Crippen LogP contribution in [-0.4, -0.2) is 16.0 Å². The minimum Gasteiger partial charge on any atom is -0.295 e. The summed E-state index contributed by atoms with van der Waals surface area (Å²) < 4.78 is 0.831. The molecule has 2 aromatic rings. The third-order valence-electron chi connectivity index (χ3n) is 4.43. The van der Waals surface area contributed by atoms with Gasteiger partial charge in [0.25, 0.3) is 0 Å². The van der Waals surface area contributed by atoms with E-state index in [9.17, 15) is 4.79 Å². The van der Waals surface area contributed by atoms with Gasteiger partial charge < -0.3 is 0 Å². The molecule has 19 heavy (non-hydrogen) atoms. The number of aromatic amines is 1. The minimum atomic E-state index is 0.249. The van der Waals surface area contributed by atoms with E-state index in [4.69, 9.17) is 0 Å². The van der Waals surface area contributed by atoms with Crippen molar-refractivity contribution >= 4 is 38.2 Å². The van der Waals surface area contributed by atoms with Crippen LogP contribution in [-0.2, 0) is 4.79 Å². The van der Waals surface area contributed by atoms with Gasteiger partial charge in [0.05, 0.1) is 5.52 Å². The van der Waals surface area contributed by atoms with Crippen LogP contribution in [0, 0.1) is 11.8 Å². The Morgan fingerprint density at radius 1 is 1.26 bits per heavy atom. The van der Waals surface area contributed by atoms with Crippen LogP contribution < -0.4 is 0 Å². The monoisotopic (exact) mass is 316 g/mol. The van der Waals surface area contributed by atoms with E-state index < -0.39 is 0 Å². The fourth-order valence-electron chi connectivity index (χ4n) is 3.50. The Hall–Kier alpha value is -1.42. The summed E-state index contributed by atoms with van der Waals surface area (Å²) >= 11 is 3.45. The molecule has 0 spiro atoms. The molecule has 96 valence electrons. The minimum absolute atomic E-state index is 0.249. The Morgan fingerprint density at radius 2 is 2.11 bits per heavy atom. The first kappa shape index (κ1) is 11.4. The van der Waals surface area contributed by atoms with Gasteiger partial charge in [0, 0.05) is 11.3 Å². The van der Waals surface area contributed by atoms with Crippen molar-refractivity contribution in [3.63, 3.8) is 0 Å². The second-order valence-electron chi connectivity index (χ2n) is 5.42. The van der Waals surface area contributed by atoms with Crippen LogP contribution >= 0.6 is 15.9 Å². The summed E-state index contributed by atoms with van der Waals surface area (Å²) in [6.07, 6.45) is 5.24. The van der Waals surface area contributed by atoms with Crippen LogP contribution in [0.2, 0.25) is 0 Å². The molecule has 0 aliphatic heterocycles. The molecule has 4 rings (SSSR count). The topological polar surface area (TPSA) is 45.8 Å². The lowest BCUT2D eigenvalue weighted by Gasteiger charge is -2.13. The number of fused-ring (bicyclic) bond motifs is 2. The number of carbonyl (C=O) groups excluding carboxylic acids is 1. The summed E-state index contributed by atoms with van der Waals surface area (Å²) in [6.45, 7) is 0. The molecule has 1 aromatic carbocycles. The third-order valence-corrected chi connectivity index (χ3v) is 5.03. The molecule has 1 fully saturated rings. The van der Waals surface area contributed by atoms with Crippen LogP contribution in [0.5, 0.6) is 0 Å². The third kappa shape index (κ3) is 1.62. The molecule has 0 bridgehead atoms. The molecular formula is C15H13BrN2O. The number of hydrogen-bond acceptors (Lipinski definition) is 2. The molecular weight excluding hydrogens is 304 g/mol. The number of benzene rings is 1. The number of aromatic nitrogens is 2. The van der Waals surface area contributed by atoms with Crippen molar-refractivity contribution in [1.29, 1.82) is 0 Å². The van der Waals surface area contributed by atoms with E-state index in [2.05, 4.69) is 38.3 Å². The van der Waals surface area contributed by atoms with Crippen LogP contribution in [0.15, 0.2) is 28.9 Å². The molecule has 1 N–H and O–H groups in total. The van der Waals surface area contributed by atoms with E-state index >= 15 is 0 Å². The van der Waals surface area contributed by atoms with Crippen molar-refractivity contribution in [2.45, 2.75) is 19.3 Å². The number of halogens is 1. The van der Waals surface area contributed by atoms with Gasteiger partial charge in [-0.05, 0) is 64.0 Å². The summed E-state index contributed by atoms with van der Waals surface area (Å²) in [7, 11) is 0. The molecule has 0 saturated heterocycles. The maximum atomic E-state index is 12.0. The zero-order valence-corrected chi connectivity index (χ0v) is 11.9. The lowest BCUT2D eigenvalue weighted by molar-refractivity contribution is -0.117. The Bertz CT molecular complexity index is 716. The van der Waals surface area contributed by atoms with Crippen molar-refractivity contribution in [3.8, 4) is 0 Å². The molecule has 3 nitrogen and oxygen atoms in total. The Morgan fingerprint density at radius 3 is 3.00 bits per heavy atom. The molecule has 1 aromatic heterocycles. The fourth-order valence-corrected chi connectivity index (χ4v) is 3.92. The second kappa shape index (κ2) is 4.04. The SMILES string of the molecule is O=C1C=C(c2ccc3[nH]nc(Br)c3c2)C2CCCC12. The second-order valence-corrected chi connectivity index (χ2v) is 6.17. The number of ketones is 1. The zero-order valence-electron chi connectivity index (χ0n) is 10.3. The average Bonchev–Trinajstić information content (AvgIpc) is 3.08. The van der Waals surface area contributed by atoms with Crippen molar-refractivity contribution in [2.24, 2.45) is 11.8 Å². The number of carbonyl (C=O) groups is 1. The quantitative estimate of drug-likeness (QED) is 0.871. The molecule has 0 amide bonds. The summed E-state index contributed by atoms with van der Waals surface area (Å²) in [5.41, 5.74) is 3.41. The van der Waals surface area contributed by atoms with E-state index in [1.807, 2.05) is 12.1 Å². The predicted molar refractivity (Wildman–Crippen MR) is 77.6 cm³/mol. The molecule has 2 aliphatic rings. The van der Waals surface area contributed by atoms with Gasteiger partial charge in [0.15, 0.2) is 5.78 Å². The van der Waals surface area contributed by atoms with Crippen molar-refractivity contribution in [2.75, 3.05) is 0 Å². The molecule has 0 radical (unpaired) electrons. The zero-order chi connectivity index (χ0) is 13.0. The van der Waals surface area contributed by atoms with Gasteiger partial charge in [-0.1, -0.05) is 12.5 Å². The first-order chi connectivity index (χ1) is 9.24. The summed E-state index contributed by atoms with van der Waals surface area (Å²) in [5, 5.41) is 8.20. The van der Waals surface area contributed by atoms with Crippen LogP contribution in [0.4, 0.5) is 0 Å². The highest BCUT2D eigenvalue weighted by atomic mass is 79.9. The number of hydrogen-bond donors (Lipinski definition) is 1. The van der Waals surface area contributed by atoms with Crippen molar-refractivity contribution < 1.29 is 4.79 Å². The summed E-state index contributed by atoms with van der Waals surface area (Å²) in [6, 6.07) is 6.26. The highest BCUT2D eigenvalue weighted by Crippen LogP contribution is 2.46. The van der Waals surface area contributed by atoms with E-state index in [-0.39, 0.29) is 5.92 Å². The first-order valence-electron chi connectivity index (χ1n) is 6.63. The number of allylic oxidation sites excluding steroid dienone is 2. The molecule has 2 unspecified atom stereocenters. The Kier molecular flexibility index (Phi) is 2.42. The van der Waals surface area contributed by atoms with Gasteiger partial charge in [0.2, 0.25) is 0 Å². The van der Waals surface area contributed by atoms with Crippen LogP contribution in [0.3, 0.4) is 0 Å². The van der Waals surface area contributed by atoms with Gasteiger partial charge in [-0.3, -0.25) is 9.89 Å². The average molecular weight is 317 g/mol. The molecule has 1 heterocycles. The van der Waals surface area contributed by atoms with Gasteiger partial charge in [0.1, 0.15) is 4.60 Å². The van der Waals surface area contributed by atoms with Gasteiger partial charge in [-0.15, -0.1) is 0 Å². The van der Waals surface area contributed by atoms with Gasteiger partial charge in [-0.25, -0.2) is 0 Å². The molecule has 4 heteroatoms. The summed E-state index contributed by atoms with van der Waals surface area (Å²) in [5.74, 6) is 1.01. The van der Waals surface area contributed by atoms with E-state index in [0.29, 0.717) is 11.7 Å². The molecule has 1 saturated carbocycles. The number of nitrogens with zero attached hydrogens (tertiary/aromatic N) is 1. The normalized spacial score (nSPS) is 25.9. The standard InChI is InChI=1S/C15H13BrN2O/c16-15-12-6-8(4-5-13(12)17-18-15)11-7-14(19)10-3-1-2-9(10)11/h4-7,9-10H,1-3H2,(H,17,18). The van der Waals surface area contributed by atoms with E-state index in [1.54, 1.807) is 0 Å². The largest absolute Gasteiger partial charge is 0.295 e. The van der Waals surface area contributed by atoms with Crippen LogP contribution in [0.1, 0.15) is 24.8 Å². The molecule has 2 aliphatic carbocycles. The Labute approximate surface area is 119 Å². The van der Waals surface area contributed by atoms with Gasteiger partial charge in [-0.2, -0.15) is 5.10 Å². The number of H-pyrrole nitrogens is 1. The maximum Gasteiger partial charge on any atom is 0.159 e. The van der Waals surface area contributed by atoms with E-state index in [1.165, 1.54) is 12.0 Å². The lowest BCUT2D eigenvalue weighted by atomic mass is 9.90. The highest BCUT2D eigenvalue weighted by molar-refractivity contribution is 9.10. The smallest absolute Gasteiger partial charge is 0.159 e. The number of rotatable bonds is 1. The lowest BCUT2D eigenvalue weighted by Crippen LogP contribution is -2.09. The molecule has 2 atom stereocenters.